The minimum atomic E-state index is -0.570. The molecule has 170 valence electrons. The zero-order valence-corrected chi connectivity index (χ0v) is 19.3. The van der Waals surface area contributed by atoms with E-state index in [1.165, 1.54) is 6.07 Å². The molecule has 0 radical (unpaired) electrons. The molecule has 0 unspecified atom stereocenters. The largest absolute Gasteiger partial charge is 0.355 e. The molecule has 1 aliphatic heterocycles. The number of nitrogens with zero attached hydrogens (tertiary/aromatic N) is 3. The third-order valence-electron chi connectivity index (χ3n) is 5.02. The Balaban J connectivity index is 1.59. The molecule has 0 fully saturated rings. The quantitative estimate of drug-likeness (QED) is 0.460. The molecule has 0 atom stereocenters. The second-order valence-electron chi connectivity index (χ2n) is 7.45. The number of guanidine groups is 1. The van der Waals surface area contributed by atoms with E-state index in [0.717, 1.165) is 17.7 Å². The van der Waals surface area contributed by atoms with Gasteiger partial charge in [-0.05, 0) is 54.4 Å². The lowest BCUT2D eigenvalue weighted by atomic mass is 10.1. The van der Waals surface area contributed by atoms with Crippen molar-refractivity contribution in [2.24, 2.45) is 4.99 Å². The fraction of sp³-hybridized carbons (Fsp3) is 0.217. The first-order valence-electron chi connectivity index (χ1n) is 10.3. The van der Waals surface area contributed by atoms with E-state index in [1.807, 2.05) is 6.07 Å². The third kappa shape index (κ3) is 5.77. The maximum atomic E-state index is 13.5. The zero-order chi connectivity index (χ0) is 23.4. The van der Waals surface area contributed by atoms with Crippen molar-refractivity contribution in [3.05, 3.63) is 81.0 Å². The first kappa shape index (κ1) is 22.9. The monoisotopic (exact) mass is 486 g/mol. The van der Waals surface area contributed by atoms with Gasteiger partial charge in [0.25, 0.3) is 5.91 Å². The van der Waals surface area contributed by atoms with Crippen LogP contribution in [0.5, 0.6) is 0 Å². The Bertz CT molecular complexity index is 1230. The van der Waals surface area contributed by atoms with Crippen molar-refractivity contribution in [2.45, 2.75) is 20.0 Å². The molecule has 0 aliphatic carbocycles. The second kappa shape index (κ2) is 10.1. The lowest BCUT2D eigenvalue weighted by Crippen LogP contribution is -2.33. The molecule has 1 amide bonds. The smallest absolute Gasteiger partial charge is 0.270 e. The summed E-state index contributed by atoms with van der Waals surface area (Å²) in [5.41, 5.74) is 3.51. The van der Waals surface area contributed by atoms with Crippen LogP contribution in [0.4, 0.5) is 4.39 Å². The number of halogens is 3. The number of aryl methyl sites for hydroxylation is 1. The van der Waals surface area contributed by atoms with Crippen LogP contribution in [0.15, 0.2) is 47.5 Å². The number of benzene rings is 1. The molecule has 3 heterocycles. The Labute approximate surface area is 200 Å². The number of nitrogens with one attached hydrogen (secondary N) is 3. The fourth-order valence-electron chi connectivity index (χ4n) is 3.37. The van der Waals surface area contributed by atoms with Gasteiger partial charge in [0.1, 0.15) is 5.69 Å². The summed E-state index contributed by atoms with van der Waals surface area (Å²) in [5.74, 6) is -0.217. The van der Waals surface area contributed by atoms with Crippen LogP contribution in [-0.4, -0.2) is 34.9 Å². The number of amides is 1. The number of aromatic nitrogens is 2. The molecule has 4 rings (SSSR count). The van der Waals surface area contributed by atoms with Gasteiger partial charge < -0.3 is 16.0 Å². The van der Waals surface area contributed by atoms with Crippen LogP contribution >= 0.6 is 23.2 Å². The fourth-order valence-corrected chi connectivity index (χ4v) is 3.69. The van der Waals surface area contributed by atoms with Gasteiger partial charge in [0.15, 0.2) is 5.96 Å². The van der Waals surface area contributed by atoms with Gasteiger partial charge in [0.05, 0.1) is 22.3 Å². The highest BCUT2D eigenvalue weighted by Crippen LogP contribution is 2.24. The summed E-state index contributed by atoms with van der Waals surface area (Å²) in [6.45, 7) is 3.89. The maximum absolute atomic E-state index is 13.5. The molecule has 1 aliphatic rings. The van der Waals surface area contributed by atoms with E-state index in [-0.39, 0.29) is 18.1 Å². The molecule has 0 spiro atoms. The number of pyridine rings is 2. The first-order chi connectivity index (χ1) is 15.9. The van der Waals surface area contributed by atoms with Crippen molar-refractivity contribution in [2.75, 3.05) is 13.1 Å². The topological polar surface area (TPSA) is 91.3 Å². The van der Waals surface area contributed by atoms with E-state index in [2.05, 4.69) is 30.9 Å². The molecule has 0 saturated carbocycles. The van der Waals surface area contributed by atoms with Crippen LogP contribution in [0.1, 0.15) is 27.3 Å². The van der Waals surface area contributed by atoms with Crippen molar-refractivity contribution in [1.29, 1.82) is 0 Å². The molecule has 2 aromatic heterocycles. The van der Waals surface area contributed by atoms with E-state index >= 15 is 0 Å². The van der Waals surface area contributed by atoms with E-state index in [0.29, 0.717) is 46.0 Å². The summed E-state index contributed by atoms with van der Waals surface area (Å²) < 4.78 is 13.5. The molecule has 3 N–H and O–H groups in total. The lowest BCUT2D eigenvalue weighted by molar-refractivity contribution is 0.0946. The van der Waals surface area contributed by atoms with Gasteiger partial charge in [-0.2, -0.15) is 4.39 Å². The Morgan fingerprint density at radius 1 is 1.06 bits per heavy atom. The maximum Gasteiger partial charge on any atom is 0.270 e. The van der Waals surface area contributed by atoms with Gasteiger partial charge in [-0.15, -0.1) is 0 Å². The minimum Gasteiger partial charge on any atom is -0.355 e. The van der Waals surface area contributed by atoms with Crippen molar-refractivity contribution in [3.63, 3.8) is 0 Å². The molecule has 0 saturated heterocycles. The van der Waals surface area contributed by atoms with Crippen LogP contribution in [0.3, 0.4) is 0 Å². The van der Waals surface area contributed by atoms with Crippen LogP contribution in [-0.2, 0) is 13.1 Å². The highest BCUT2D eigenvalue weighted by molar-refractivity contribution is 6.42. The summed E-state index contributed by atoms with van der Waals surface area (Å²) >= 11 is 12.0. The van der Waals surface area contributed by atoms with Gasteiger partial charge in [0.2, 0.25) is 5.95 Å². The van der Waals surface area contributed by atoms with Crippen LogP contribution < -0.4 is 16.0 Å². The molecule has 7 nitrogen and oxygen atoms in total. The average molecular weight is 487 g/mol. The number of aliphatic imine (C=N–C) groups is 1. The van der Waals surface area contributed by atoms with Gasteiger partial charge in [-0.25, -0.2) is 9.97 Å². The molecular formula is C23H21Cl2FN6O. The molecule has 33 heavy (non-hydrogen) atoms. The Morgan fingerprint density at radius 2 is 1.91 bits per heavy atom. The Kier molecular flexibility index (Phi) is 7.05. The highest BCUT2D eigenvalue weighted by atomic mass is 35.5. The number of carbonyl (C=O) groups is 1. The Morgan fingerprint density at radius 3 is 2.64 bits per heavy atom. The summed E-state index contributed by atoms with van der Waals surface area (Å²) in [5, 5.41) is 10.1. The Hall–Kier alpha value is -3.23. The predicted octanol–water partition coefficient (Wildman–Crippen LogP) is 3.88. The van der Waals surface area contributed by atoms with Gasteiger partial charge in [-0.3, -0.25) is 9.79 Å². The first-order valence-corrected chi connectivity index (χ1v) is 11.0. The predicted molar refractivity (Wildman–Crippen MR) is 127 cm³/mol. The third-order valence-corrected chi connectivity index (χ3v) is 5.76. The molecule has 0 bridgehead atoms. The zero-order valence-electron chi connectivity index (χ0n) is 17.8. The number of carbonyl (C=O) groups excluding carboxylic acids is 1. The SMILES string of the molecule is Cc1nc(F)ccc1-c1cc(CNC2=NCCN2)cc(C(=O)NCc2ccc(Cl)c(Cl)c2)n1. The lowest BCUT2D eigenvalue weighted by Gasteiger charge is -2.12. The number of hydrogen-bond donors (Lipinski definition) is 3. The molecule has 10 heteroatoms. The summed E-state index contributed by atoms with van der Waals surface area (Å²) in [6.07, 6.45) is 0. The van der Waals surface area contributed by atoms with Crippen molar-refractivity contribution >= 4 is 35.1 Å². The number of rotatable bonds is 6. The second-order valence-corrected chi connectivity index (χ2v) is 8.27. The average Bonchev–Trinajstić information content (AvgIpc) is 3.32. The van der Waals surface area contributed by atoms with Crippen LogP contribution in [0.25, 0.3) is 11.3 Å². The number of hydrogen-bond acceptors (Lipinski definition) is 6. The van der Waals surface area contributed by atoms with Crippen molar-refractivity contribution in [3.8, 4) is 11.3 Å². The summed E-state index contributed by atoms with van der Waals surface area (Å²) in [4.78, 5) is 25.7. The van der Waals surface area contributed by atoms with E-state index < -0.39 is 5.95 Å². The standard InChI is InChI=1S/C23H21Cl2FN6O/c1-13-16(3-5-21(26)31-13)19-9-15(12-30-23-27-6-7-28-23)10-20(32-19)22(33)29-11-14-2-4-17(24)18(25)8-14/h2-5,8-10H,6-7,11-12H2,1H3,(H,29,33)(H2,27,28,30). The minimum absolute atomic E-state index is 0.231. The van der Waals surface area contributed by atoms with Gasteiger partial charge in [0, 0.05) is 30.9 Å². The van der Waals surface area contributed by atoms with Crippen molar-refractivity contribution in [1.82, 2.24) is 25.9 Å². The highest BCUT2D eigenvalue weighted by Gasteiger charge is 2.15. The van der Waals surface area contributed by atoms with E-state index in [4.69, 9.17) is 23.2 Å². The van der Waals surface area contributed by atoms with Crippen LogP contribution in [0, 0.1) is 12.9 Å². The van der Waals surface area contributed by atoms with Crippen LogP contribution in [0.2, 0.25) is 10.0 Å². The van der Waals surface area contributed by atoms with Crippen molar-refractivity contribution < 1.29 is 9.18 Å². The summed E-state index contributed by atoms with van der Waals surface area (Å²) in [7, 11) is 0. The van der Waals surface area contributed by atoms with Gasteiger partial charge >= 0.3 is 0 Å². The summed E-state index contributed by atoms with van der Waals surface area (Å²) in [6, 6.07) is 11.6. The van der Waals surface area contributed by atoms with E-state index in [9.17, 15) is 9.18 Å². The van der Waals surface area contributed by atoms with Gasteiger partial charge in [-0.1, -0.05) is 29.3 Å². The van der Waals surface area contributed by atoms with E-state index in [1.54, 1.807) is 37.3 Å². The molecule has 3 aromatic rings. The molecular weight excluding hydrogens is 466 g/mol. The molecule has 1 aromatic carbocycles. The normalized spacial score (nSPS) is 12.8.